The Kier molecular flexibility index (Phi) is 5.80. The fraction of sp³-hybridized carbons (Fsp3) is 0.200. The molecule has 30 heavy (non-hydrogen) atoms. The average Bonchev–Trinajstić information content (AvgIpc) is 3.60. The topological polar surface area (TPSA) is 67.4 Å². The molecule has 2 N–H and O–H groups in total. The molecule has 1 aliphatic rings. The predicted molar refractivity (Wildman–Crippen MR) is 118 cm³/mol. The van der Waals surface area contributed by atoms with Crippen LogP contribution in [0, 0.1) is 5.92 Å². The van der Waals surface area contributed by atoms with E-state index in [4.69, 9.17) is 4.74 Å². The van der Waals surface area contributed by atoms with E-state index in [0.717, 1.165) is 24.2 Å². The zero-order valence-corrected chi connectivity index (χ0v) is 16.9. The normalized spacial score (nSPS) is 12.8. The van der Waals surface area contributed by atoms with Crippen LogP contribution in [0.25, 0.3) is 0 Å². The minimum atomic E-state index is -0.228. The van der Waals surface area contributed by atoms with Gasteiger partial charge in [0.2, 0.25) is 5.91 Å². The lowest BCUT2D eigenvalue weighted by Crippen LogP contribution is -2.15. The van der Waals surface area contributed by atoms with Crippen molar-refractivity contribution in [3.8, 4) is 5.75 Å². The van der Waals surface area contributed by atoms with Crippen molar-refractivity contribution in [2.45, 2.75) is 19.3 Å². The quantitative estimate of drug-likeness (QED) is 0.594. The van der Waals surface area contributed by atoms with Gasteiger partial charge in [-0.15, -0.1) is 0 Å². The molecular weight excluding hydrogens is 376 g/mol. The maximum absolute atomic E-state index is 12.8. The lowest BCUT2D eigenvalue weighted by molar-refractivity contribution is -0.117. The van der Waals surface area contributed by atoms with Crippen LogP contribution >= 0.6 is 0 Å². The first-order valence-electron chi connectivity index (χ1n) is 10.1. The Labute approximate surface area is 176 Å². The van der Waals surface area contributed by atoms with E-state index in [1.165, 1.54) is 5.56 Å². The second kappa shape index (κ2) is 8.82. The van der Waals surface area contributed by atoms with Crippen molar-refractivity contribution >= 4 is 23.2 Å². The SMILES string of the molecule is COc1ccc(NC(=O)c2cccc(NC(=O)C3CC3)c2)cc1Cc1ccccc1. The Bertz CT molecular complexity index is 1060. The Morgan fingerprint density at radius 1 is 0.900 bits per heavy atom. The van der Waals surface area contributed by atoms with E-state index in [1.54, 1.807) is 31.4 Å². The van der Waals surface area contributed by atoms with Crippen molar-refractivity contribution in [3.05, 3.63) is 89.5 Å². The molecule has 0 spiro atoms. The van der Waals surface area contributed by atoms with Gasteiger partial charge in [-0.25, -0.2) is 0 Å². The molecule has 0 saturated heterocycles. The van der Waals surface area contributed by atoms with Gasteiger partial charge in [0.15, 0.2) is 0 Å². The van der Waals surface area contributed by atoms with Crippen molar-refractivity contribution in [1.82, 2.24) is 0 Å². The Morgan fingerprint density at radius 2 is 1.67 bits per heavy atom. The molecule has 0 aromatic heterocycles. The molecule has 1 saturated carbocycles. The highest BCUT2D eigenvalue weighted by atomic mass is 16.5. The first kappa shape index (κ1) is 19.7. The molecule has 4 rings (SSSR count). The molecule has 1 aliphatic carbocycles. The van der Waals surface area contributed by atoms with E-state index in [2.05, 4.69) is 22.8 Å². The van der Waals surface area contributed by atoms with Crippen LogP contribution in [0.2, 0.25) is 0 Å². The summed E-state index contributed by atoms with van der Waals surface area (Å²) in [6, 6.07) is 22.7. The largest absolute Gasteiger partial charge is 0.496 e. The summed E-state index contributed by atoms with van der Waals surface area (Å²) in [5.41, 5.74) is 3.98. The van der Waals surface area contributed by atoms with Gasteiger partial charge in [0.05, 0.1) is 7.11 Å². The minimum Gasteiger partial charge on any atom is -0.496 e. The molecule has 2 amide bonds. The number of rotatable bonds is 7. The number of methoxy groups -OCH3 is 1. The fourth-order valence-corrected chi connectivity index (χ4v) is 3.34. The maximum Gasteiger partial charge on any atom is 0.255 e. The second-order valence-corrected chi connectivity index (χ2v) is 7.49. The number of carbonyl (C=O) groups excluding carboxylic acids is 2. The molecule has 0 unspecified atom stereocenters. The molecule has 0 atom stereocenters. The molecule has 5 heteroatoms. The zero-order valence-electron chi connectivity index (χ0n) is 16.9. The van der Waals surface area contributed by atoms with Gasteiger partial charge >= 0.3 is 0 Å². The van der Waals surface area contributed by atoms with Gasteiger partial charge in [0.25, 0.3) is 5.91 Å². The van der Waals surface area contributed by atoms with Gasteiger partial charge in [0, 0.05) is 34.8 Å². The molecule has 0 heterocycles. The van der Waals surface area contributed by atoms with E-state index in [-0.39, 0.29) is 17.7 Å². The third-order valence-corrected chi connectivity index (χ3v) is 5.12. The Morgan fingerprint density at radius 3 is 2.40 bits per heavy atom. The van der Waals surface area contributed by atoms with E-state index < -0.39 is 0 Å². The van der Waals surface area contributed by atoms with Gasteiger partial charge in [0.1, 0.15) is 5.75 Å². The number of ether oxygens (including phenoxy) is 1. The smallest absolute Gasteiger partial charge is 0.255 e. The third kappa shape index (κ3) is 4.87. The summed E-state index contributed by atoms with van der Waals surface area (Å²) in [5.74, 6) is 0.688. The Balaban J connectivity index is 1.49. The van der Waals surface area contributed by atoms with Crippen LogP contribution in [0.5, 0.6) is 5.75 Å². The van der Waals surface area contributed by atoms with Crippen LogP contribution in [-0.2, 0) is 11.2 Å². The number of benzene rings is 3. The number of amides is 2. The average molecular weight is 400 g/mol. The lowest BCUT2D eigenvalue weighted by atomic mass is 10.0. The van der Waals surface area contributed by atoms with E-state index >= 15 is 0 Å². The van der Waals surface area contributed by atoms with Crippen LogP contribution in [0.1, 0.15) is 34.3 Å². The molecule has 152 valence electrons. The van der Waals surface area contributed by atoms with Crippen LogP contribution in [0.3, 0.4) is 0 Å². The van der Waals surface area contributed by atoms with Gasteiger partial charge in [-0.3, -0.25) is 9.59 Å². The van der Waals surface area contributed by atoms with Crippen molar-refractivity contribution in [2.24, 2.45) is 5.92 Å². The minimum absolute atomic E-state index is 0.0215. The third-order valence-electron chi connectivity index (χ3n) is 5.12. The van der Waals surface area contributed by atoms with E-state index in [1.807, 2.05) is 36.4 Å². The fourth-order valence-electron chi connectivity index (χ4n) is 3.34. The highest BCUT2D eigenvalue weighted by molar-refractivity contribution is 6.05. The summed E-state index contributed by atoms with van der Waals surface area (Å²) in [5, 5.41) is 5.82. The number of hydrogen-bond donors (Lipinski definition) is 2. The monoisotopic (exact) mass is 400 g/mol. The zero-order chi connectivity index (χ0) is 20.9. The number of anilines is 2. The van der Waals surface area contributed by atoms with Crippen LogP contribution in [0.4, 0.5) is 11.4 Å². The van der Waals surface area contributed by atoms with Crippen LogP contribution in [0.15, 0.2) is 72.8 Å². The number of nitrogens with one attached hydrogen (secondary N) is 2. The van der Waals surface area contributed by atoms with Crippen LogP contribution < -0.4 is 15.4 Å². The van der Waals surface area contributed by atoms with Gasteiger partial charge < -0.3 is 15.4 Å². The first-order valence-corrected chi connectivity index (χ1v) is 10.1. The van der Waals surface area contributed by atoms with Crippen molar-refractivity contribution < 1.29 is 14.3 Å². The van der Waals surface area contributed by atoms with Gasteiger partial charge in [-0.1, -0.05) is 36.4 Å². The van der Waals surface area contributed by atoms with Crippen molar-refractivity contribution in [3.63, 3.8) is 0 Å². The number of hydrogen-bond acceptors (Lipinski definition) is 3. The predicted octanol–water partition coefficient (Wildman–Crippen LogP) is 4.89. The Hall–Kier alpha value is -3.60. The van der Waals surface area contributed by atoms with Crippen molar-refractivity contribution in [1.29, 1.82) is 0 Å². The highest BCUT2D eigenvalue weighted by Gasteiger charge is 2.29. The highest BCUT2D eigenvalue weighted by Crippen LogP contribution is 2.30. The summed E-state index contributed by atoms with van der Waals surface area (Å²) in [7, 11) is 1.64. The summed E-state index contributed by atoms with van der Waals surface area (Å²) < 4.78 is 5.49. The van der Waals surface area contributed by atoms with Gasteiger partial charge in [-0.05, 0) is 54.8 Å². The molecule has 0 aliphatic heterocycles. The first-order chi connectivity index (χ1) is 14.6. The molecule has 5 nitrogen and oxygen atoms in total. The molecule has 0 radical (unpaired) electrons. The lowest BCUT2D eigenvalue weighted by Gasteiger charge is -2.12. The van der Waals surface area contributed by atoms with E-state index in [0.29, 0.717) is 23.4 Å². The van der Waals surface area contributed by atoms with Crippen LogP contribution in [-0.4, -0.2) is 18.9 Å². The molecule has 3 aromatic carbocycles. The summed E-state index contributed by atoms with van der Waals surface area (Å²) in [6.45, 7) is 0. The van der Waals surface area contributed by atoms with E-state index in [9.17, 15) is 9.59 Å². The summed E-state index contributed by atoms with van der Waals surface area (Å²) >= 11 is 0. The molecule has 1 fully saturated rings. The molecule has 0 bridgehead atoms. The molecular formula is C25H24N2O3. The summed E-state index contributed by atoms with van der Waals surface area (Å²) in [4.78, 5) is 24.7. The summed E-state index contributed by atoms with van der Waals surface area (Å²) in [6.07, 6.45) is 2.58. The van der Waals surface area contributed by atoms with Gasteiger partial charge in [-0.2, -0.15) is 0 Å². The molecule has 3 aromatic rings. The maximum atomic E-state index is 12.8. The number of carbonyl (C=O) groups is 2. The standard InChI is InChI=1S/C25H24N2O3/c1-30-23-13-12-22(16-20(23)14-17-6-3-2-4-7-17)27-25(29)19-8-5-9-21(15-19)26-24(28)18-10-11-18/h2-9,12-13,15-16,18H,10-11,14H2,1H3,(H,26,28)(H,27,29). The second-order valence-electron chi connectivity index (χ2n) is 7.49. The van der Waals surface area contributed by atoms with Crippen molar-refractivity contribution in [2.75, 3.05) is 17.7 Å².